The molecule has 0 saturated carbocycles. The summed E-state index contributed by atoms with van der Waals surface area (Å²) in [6.45, 7) is 8.31. The average Bonchev–Trinajstić information content (AvgIpc) is 3.24. The van der Waals surface area contributed by atoms with Gasteiger partial charge in [-0.15, -0.1) is 10.2 Å². The van der Waals surface area contributed by atoms with E-state index in [0.29, 0.717) is 11.6 Å². The van der Waals surface area contributed by atoms with Crippen molar-refractivity contribution in [3.05, 3.63) is 98.8 Å². The van der Waals surface area contributed by atoms with Gasteiger partial charge in [-0.05, 0) is 79.3 Å². The lowest BCUT2D eigenvalue weighted by Crippen LogP contribution is -2.17. The molecule has 0 saturated heterocycles. The SMILES string of the molecule is CCc1cc(Br)cc(C)c1NC(=O)CSc1nnc(Cc2ccccc2)n1-c1ccc(C)c(C)c1. The van der Waals surface area contributed by atoms with Crippen molar-refractivity contribution in [1.82, 2.24) is 14.8 Å². The number of hydrogen-bond donors (Lipinski definition) is 1. The molecule has 0 aliphatic carbocycles. The number of nitrogens with one attached hydrogen (secondary N) is 1. The number of nitrogens with zero attached hydrogens (tertiary/aromatic N) is 3. The van der Waals surface area contributed by atoms with Gasteiger partial charge in [0.2, 0.25) is 5.91 Å². The summed E-state index contributed by atoms with van der Waals surface area (Å²) < 4.78 is 3.09. The van der Waals surface area contributed by atoms with Crippen LogP contribution in [0.25, 0.3) is 5.69 Å². The molecule has 35 heavy (non-hydrogen) atoms. The van der Waals surface area contributed by atoms with Gasteiger partial charge in [0.1, 0.15) is 5.82 Å². The highest BCUT2D eigenvalue weighted by molar-refractivity contribution is 9.10. The average molecular weight is 550 g/mol. The molecule has 180 valence electrons. The Morgan fingerprint density at radius 1 is 0.971 bits per heavy atom. The van der Waals surface area contributed by atoms with E-state index in [4.69, 9.17) is 0 Å². The number of benzene rings is 3. The number of halogens is 1. The topological polar surface area (TPSA) is 59.8 Å². The van der Waals surface area contributed by atoms with Crippen molar-refractivity contribution in [1.29, 1.82) is 0 Å². The van der Waals surface area contributed by atoms with Crippen LogP contribution in [-0.2, 0) is 17.6 Å². The molecule has 0 unspecified atom stereocenters. The zero-order chi connectivity index (χ0) is 24.9. The van der Waals surface area contributed by atoms with E-state index in [1.165, 1.54) is 22.9 Å². The van der Waals surface area contributed by atoms with Crippen molar-refractivity contribution in [3.8, 4) is 5.69 Å². The van der Waals surface area contributed by atoms with Crippen LogP contribution in [0.3, 0.4) is 0 Å². The van der Waals surface area contributed by atoms with E-state index in [1.54, 1.807) is 0 Å². The first-order valence-corrected chi connectivity index (χ1v) is 13.4. The minimum atomic E-state index is -0.0608. The molecule has 0 fully saturated rings. The fourth-order valence-corrected chi connectivity index (χ4v) is 5.38. The molecule has 3 aromatic carbocycles. The second-order valence-corrected chi connectivity index (χ2v) is 10.5. The first-order chi connectivity index (χ1) is 16.9. The zero-order valence-corrected chi connectivity index (χ0v) is 22.8. The summed E-state index contributed by atoms with van der Waals surface area (Å²) in [5.74, 6) is 1.03. The molecule has 0 aliphatic heterocycles. The Bertz CT molecular complexity index is 1350. The Hall–Kier alpha value is -2.90. The molecule has 0 atom stereocenters. The number of thioether (sulfide) groups is 1. The highest BCUT2D eigenvalue weighted by Crippen LogP contribution is 2.28. The number of carbonyl (C=O) groups is 1. The lowest BCUT2D eigenvalue weighted by Gasteiger charge is -2.14. The van der Waals surface area contributed by atoms with E-state index in [0.717, 1.165) is 44.8 Å². The van der Waals surface area contributed by atoms with Crippen LogP contribution in [0.4, 0.5) is 5.69 Å². The fraction of sp³-hybridized carbons (Fsp3) is 0.250. The number of anilines is 1. The van der Waals surface area contributed by atoms with Crippen LogP contribution in [0, 0.1) is 20.8 Å². The number of hydrogen-bond acceptors (Lipinski definition) is 4. The molecule has 1 heterocycles. The minimum Gasteiger partial charge on any atom is -0.325 e. The summed E-state index contributed by atoms with van der Waals surface area (Å²) in [7, 11) is 0. The molecule has 1 N–H and O–H groups in total. The van der Waals surface area contributed by atoms with Crippen LogP contribution in [0.15, 0.2) is 70.3 Å². The van der Waals surface area contributed by atoms with Gasteiger partial charge in [-0.25, -0.2) is 0 Å². The summed E-state index contributed by atoms with van der Waals surface area (Å²) in [6.07, 6.45) is 1.50. The van der Waals surface area contributed by atoms with Gasteiger partial charge in [-0.1, -0.05) is 71.0 Å². The summed E-state index contributed by atoms with van der Waals surface area (Å²) in [4.78, 5) is 12.9. The molecule has 5 nitrogen and oxygen atoms in total. The highest BCUT2D eigenvalue weighted by atomic mass is 79.9. The van der Waals surface area contributed by atoms with Gasteiger partial charge in [0.15, 0.2) is 5.16 Å². The quantitative estimate of drug-likeness (QED) is 0.245. The molecular weight excluding hydrogens is 520 g/mol. The van der Waals surface area contributed by atoms with E-state index in [1.807, 2.05) is 31.2 Å². The van der Waals surface area contributed by atoms with Crippen LogP contribution in [0.5, 0.6) is 0 Å². The van der Waals surface area contributed by atoms with Gasteiger partial charge >= 0.3 is 0 Å². The van der Waals surface area contributed by atoms with Crippen molar-refractivity contribution in [2.45, 2.75) is 45.7 Å². The third-order valence-corrected chi connectivity index (χ3v) is 7.40. The molecule has 0 aliphatic rings. The van der Waals surface area contributed by atoms with Crippen molar-refractivity contribution in [3.63, 3.8) is 0 Å². The standard InChI is InChI=1S/C28H29BrN4OS/c1-5-22-16-23(29)13-20(4)27(22)30-26(34)17-35-28-32-31-25(15-21-9-7-6-8-10-21)33(28)24-12-11-18(2)19(3)14-24/h6-14,16H,5,15,17H2,1-4H3,(H,30,34). The lowest BCUT2D eigenvalue weighted by molar-refractivity contribution is -0.113. The lowest BCUT2D eigenvalue weighted by atomic mass is 10.1. The summed E-state index contributed by atoms with van der Waals surface area (Å²) in [5.41, 5.74) is 7.64. The third kappa shape index (κ3) is 6.03. The number of aryl methyl sites for hydroxylation is 4. The van der Waals surface area contributed by atoms with Crippen molar-refractivity contribution in [2.75, 3.05) is 11.1 Å². The van der Waals surface area contributed by atoms with E-state index in [9.17, 15) is 4.79 Å². The van der Waals surface area contributed by atoms with Gasteiger partial charge in [-0.2, -0.15) is 0 Å². The molecule has 4 rings (SSSR count). The summed E-state index contributed by atoms with van der Waals surface area (Å²) >= 11 is 4.95. The van der Waals surface area contributed by atoms with Crippen molar-refractivity contribution >= 4 is 39.3 Å². The molecule has 7 heteroatoms. The maximum absolute atomic E-state index is 12.9. The monoisotopic (exact) mass is 548 g/mol. The van der Waals surface area contributed by atoms with Crippen LogP contribution in [0.1, 0.15) is 40.6 Å². The van der Waals surface area contributed by atoms with E-state index in [-0.39, 0.29) is 11.7 Å². The number of carbonyl (C=O) groups excluding carboxylic acids is 1. The van der Waals surface area contributed by atoms with E-state index >= 15 is 0 Å². The smallest absolute Gasteiger partial charge is 0.234 e. The van der Waals surface area contributed by atoms with Gasteiger partial charge in [0.25, 0.3) is 0 Å². The highest BCUT2D eigenvalue weighted by Gasteiger charge is 2.18. The molecule has 0 radical (unpaired) electrons. The summed E-state index contributed by atoms with van der Waals surface area (Å²) in [5, 5.41) is 12.8. The van der Waals surface area contributed by atoms with Crippen LogP contribution >= 0.6 is 27.7 Å². The summed E-state index contributed by atoms with van der Waals surface area (Å²) in [6, 6.07) is 20.7. The van der Waals surface area contributed by atoms with Crippen LogP contribution < -0.4 is 5.32 Å². The fourth-order valence-electron chi connectivity index (χ4n) is 3.99. The van der Waals surface area contributed by atoms with Crippen molar-refractivity contribution < 1.29 is 4.79 Å². The first-order valence-electron chi connectivity index (χ1n) is 11.6. The number of rotatable bonds is 8. The van der Waals surface area contributed by atoms with Crippen molar-refractivity contribution in [2.24, 2.45) is 0 Å². The largest absolute Gasteiger partial charge is 0.325 e. The molecule has 0 spiro atoms. The maximum atomic E-state index is 12.9. The predicted octanol–water partition coefficient (Wildman–Crippen LogP) is 6.84. The minimum absolute atomic E-state index is 0.0608. The molecule has 0 bridgehead atoms. The van der Waals surface area contributed by atoms with Gasteiger partial charge in [0, 0.05) is 22.3 Å². The molecule has 1 aromatic heterocycles. The Kier molecular flexibility index (Phi) is 8.08. The third-order valence-electron chi connectivity index (χ3n) is 6.01. The van der Waals surface area contributed by atoms with Gasteiger partial charge in [0.05, 0.1) is 5.75 Å². The molecular formula is C28H29BrN4OS. The van der Waals surface area contributed by atoms with Gasteiger partial charge in [-0.3, -0.25) is 9.36 Å². The van der Waals surface area contributed by atoms with Gasteiger partial charge < -0.3 is 5.32 Å². The first kappa shape index (κ1) is 25.2. The van der Waals surface area contributed by atoms with Crippen LogP contribution in [-0.4, -0.2) is 26.4 Å². The Morgan fingerprint density at radius 3 is 2.46 bits per heavy atom. The second kappa shape index (κ2) is 11.2. The second-order valence-electron chi connectivity index (χ2n) is 8.61. The van der Waals surface area contributed by atoms with E-state index in [2.05, 4.69) is 93.2 Å². The zero-order valence-electron chi connectivity index (χ0n) is 20.4. The molecule has 1 amide bonds. The number of amides is 1. The Labute approximate surface area is 219 Å². The van der Waals surface area contributed by atoms with Crippen LogP contribution in [0.2, 0.25) is 0 Å². The Morgan fingerprint density at radius 2 is 1.74 bits per heavy atom. The molecule has 4 aromatic rings. The van der Waals surface area contributed by atoms with E-state index < -0.39 is 0 Å². The maximum Gasteiger partial charge on any atom is 0.234 e. The normalized spacial score (nSPS) is 11.0. The predicted molar refractivity (Wildman–Crippen MR) is 148 cm³/mol. The Balaban J connectivity index is 1.59. The number of aromatic nitrogens is 3.